The fraction of sp³-hybridized carbons (Fsp3) is 1.00. The number of hydrogen-bond donors (Lipinski definition) is 1. The first-order chi connectivity index (χ1) is 7.26. The highest BCUT2D eigenvalue weighted by atomic mass is 16.5. The summed E-state index contributed by atoms with van der Waals surface area (Å²) in [6.07, 6.45) is 4.39. The molecule has 1 fully saturated rings. The monoisotopic (exact) mass is 214 g/mol. The van der Waals surface area contributed by atoms with Crippen molar-refractivity contribution in [1.29, 1.82) is 0 Å². The summed E-state index contributed by atoms with van der Waals surface area (Å²) < 4.78 is 6.10. The third-order valence-electron chi connectivity index (χ3n) is 3.13. The lowest BCUT2D eigenvalue weighted by molar-refractivity contribution is -0.0396. The topological polar surface area (TPSA) is 24.5 Å². The molecule has 0 radical (unpaired) electrons. The summed E-state index contributed by atoms with van der Waals surface area (Å²) >= 11 is 0. The van der Waals surface area contributed by atoms with E-state index in [-0.39, 0.29) is 0 Å². The number of hydrogen-bond acceptors (Lipinski definition) is 3. The molecule has 0 aromatic carbocycles. The molecule has 0 bridgehead atoms. The molecule has 0 spiro atoms. The van der Waals surface area contributed by atoms with Gasteiger partial charge in [0.1, 0.15) is 0 Å². The van der Waals surface area contributed by atoms with Crippen LogP contribution in [0, 0.1) is 0 Å². The zero-order chi connectivity index (χ0) is 11.1. The van der Waals surface area contributed by atoms with Crippen LogP contribution in [0.4, 0.5) is 0 Å². The largest absolute Gasteiger partial charge is 0.374 e. The number of ether oxygens (including phenoxy) is 1. The van der Waals surface area contributed by atoms with Crippen molar-refractivity contribution in [2.45, 2.75) is 45.3 Å². The Bertz CT molecular complexity index is 153. The fourth-order valence-electron chi connectivity index (χ4n) is 1.99. The smallest absolute Gasteiger partial charge is 0.0700 e. The normalized spacial score (nSPS) is 21.8. The van der Waals surface area contributed by atoms with E-state index in [0.717, 1.165) is 19.5 Å². The molecule has 0 aromatic heterocycles. The van der Waals surface area contributed by atoms with Gasteiger partial charge in [-0.3, -0.25) is 0 Å². The number of piperidine rings is 1. The molecule has 3 nitrogen and oxygen atoms in total. The van der Waals surface area contributed by atoms with Crippen molar-refractivity contribution < 1.29 is 4.74 Å². The minimum atomic E-state index is 0.401. The second-order valence-corrected chi connectivity index (χ2v) is 4.48. The summed E-state index contributed by atoms with van der Waals surface area (Å²) in [5.41, 5.74) is 0. The van der Waals surface area contributed by atoms with Crippen molar-refractivity contribution in [3.63, 3.8) is 0 Å². The van der Waals surface area contributed by atoms with Gasteiger partial charge in [0.2, 0.25) is 0 Å². The molecule has 1 saturated heterocycles. The average molecular weight is 214 g/mol. The first-order valence-electron chi connectivity index (χ1n) is 6.31. The summed E-state index contributed by atoms with van der Waals surface area (Å²) in [7, 11) is 2.19. The van der Waals surface area contributed by atoms with E-state index in [4.69, 9.17) is 4.74 Å². The van der Waals surface area contributed by atoms with E-state index in [0.29, 0.717) is 12.2 Å². The van der Waals surface area contributed by atoms with Gasteiger partial charge < -0.3 is 15.0 Å². The molecule has 1 unspecified atom stereocenters. The second-order valence-electron chi connectivity index (χ2n) is 4.48. The van der Waals surface area contributed by atoms with Gasteiger partial charge in [0.15, 0.2) is 0 Å². The van der Waals surface area contributed by atoms with Gasteiger partial charge in [-0.05, 0) is 32.9 Å². The van der Waals surface area contributed by atoms with Gasteiger partial charge >= 0.3 is 0 Å². The molecule has 0 saturated carbocycles. The molecule has 3 heteroatoms. The summed E-state index contributed by atoms with van der Waals surface area (Å²) in [6.45, 7) is 8.75. The SMILES string of the molecule is CCNCC(CC)OC1CCN(C)CC1. The summed E-state index contributed by atoms with van der Waals surface area (Å²) in [6, 6.07) is 0. The number of rotatable bonds is 6. The van der Waals surface area contributed by atoms with Crippen LogP contribution in [0.3, 0.4) is 0 Å². The van der Waals surface area contributed by atoms with Gasteiger partial charge in [-0.2, -0.15) is 0 Å². The third-order valence-corrected chi connectivity index (χ3v) is 3.13. The van der Waals surface area contributed by atoms with Gasteiger partial charge in [0.25, 0.3) is 0 Å². The van der Waals surface area contributed by atoms with E-state index >= 15 is 0 Å². The van der Waals surface area contributed by atoms with Crippen molar-refractivity contribution in [2.24, 2.45) is 0 Å². The van der Waals surface area contributed by atoms with E-state index < -0.39 is 0 Å². The van der Waals surface area contributed by atoms with E-state index in [1.807, 2.05) is 0 Å². The highest BCUT2D eigenvalue weighted by molar-refractivity contribution is 4.72. The zero-order valence-corrected chi connectivity index (χ0v) is 10.5. The Morgan fingerprint density at radius 3 is 2.53 bits per heavy atom. The Morgan fingerprint density at radius 2 is 2.00 bits per heavy atom. The van der Waals surface area contributed by atoms with Crippen molar-refractivity contribution in [3.8, 4) is 0 Å². The summed E-state index contributed by atoms with van der Waals surface area (Å²) in [5.74, 6) is 0. The summed E-state index contributed by atoms with van der Waals surface area (Å²) in [4.78, 5) is 2.38. The van der Waals surface area contributed by atoms with Crippen molar-refractivity contribution in [1.82, 2.24) is 10.2 Å². The first-order valence-corrected chi connectivity index (χ1v) is 6.31. The molecule has 1 atom stereocenters. The molecule has 0 aliphatic carbocycles. The van der Waals surface area contributed by atoms with Crippen LogP contribution in [0.5, 0.6) is 0 Å². The molecule has 0 amide bonds. The quantitative estimate of drug-likeness (QED) is 0.725. The van der Waals surface area contributed by atoms with Crippen LogP contribution in [0.1, 0.15) is 33.1 Å². The van der Waals surface area contributed by atoms with Gasteiger partial charge in [-0.1, -0.05) is 13.8 Å². The van der Waals surface area contributed by atoms with Crippen molar-refractivity contribution in [2.75, 3.05) is 33.2 Å². The maximum atomic E-state index is 6.10. The number of likely N-dealkylation sites (tertiary alicyclic amines) is 1. The van der Waals surface area contributed by atoms with Crippen LogP contribution < -0.4 is 5.32 Å². The van der Waals surface area contributed by atoms with Crippen LogP contribution in [-0.4, -0.2) is 50.3 Å². The van der Waals surface area contributed by atoms with Crippen LogP contribution >= 0.6 is 0 Å². The molecule has 15 heavy (non-hydrogen) atoms. The second kappa shape index (κ2) is 7.20. The maximum absolute atomic E-state index is 6.10. The van der Waals surface area contributed by atoms with E-state index in [1.54, 1.807) is 0 Å². The Kier molecular flexibility index (Phi) is 6.22. The predicted octanol–water partition coefficient (Wildman–Crippen LogP) is 1.49. The van der Waals surface area contributed by atoms with E-state index in [2.05, 4.69) is 31.1 Å². The molecule has 1 aliphatic rings. The van der Waals surface area contributed by atoms with Gasteiger partial charge in [0, 0.05) is 19.6 Å². The van der Waals surface area contributed by atoms with Gasteiger partial charge in [-0.25, -0.2) is 0 Å². The maximum Gasteiger partial charge on any atom is 0.0700 e. The lowest BCUT2D eigenvalue weighted by atomic mass is 10.1. The predicted molar refractivity (Wildman–Crippen MR) is 64.2 cm³/mol. The molecule has 1 aliphatic heterocycles. The van der Waals surface area contributed by atoms with Crippen LogP contribution in [-0.2, 0) is 4.74 Å². The molecule has 1 N–H and O–H groups in total. The van der Waals surface area contributed by atoms with Crippen LogP contribution in [0.25, 0.3) is 0 Å². The molecular formula is C12H26N2O. The first kappa shape index (κ1) is 12.9. The minimum Gasteiger partial charge on any atom is -0.374 e. The Morgan fingerprint density at radius 1 is 1.33 bits per heavy atom. The van der Waals surface area contributed by atoms with Crippen LogP contribution in [0.2, 0.25) is 0 Å². The van der Waals surface area contributed by atoms with Crippen LogP contribution in [0.15, 0.2) is 0 Å². The van der Waals surface area contributed by atoms with Gasteiger partial charge in [-0.15, -0.1) is 0 Å². The van der Waals surface area contributed by atoms with Gasteiger partial charge in [0.05, 0.1) is 12.2 Å². The lowest BCUT2D eigenvalue weighted by Gasteiger charge is -2.31. The molecule has 90 valence electrons. The number of nitrogens with zero attached hydrogens (tertiary/aromatic N) is 1. The standard InChI is InChI=1S/C12H26N2O/c1-4-11(10-13-5-2)15-12-6-8-14(3)9-7-12/h11-13H,4-10H2,1-3H3. The molecular weight excluding hydrogens is 188 g/mol. The summed E-state index contributed by atoms with van der Waals surface area (Å²) in [5, 5.41) is 3.36. The molecule has 1 heterocycles. The van der Waals surface area contributed by atoms with E-state index in [1.165, 1.54) is 25.9 Å². The van der Waals surface area contributed by atoms with Crippen molar-refractivity contribution in [3.05, 3.63) is 0 Å². The Balaban J connectivity index is 2.19. The Hall–Kier alpha value is -0.120. The fourth-order valence-corrected chi connectivity index (χ4v) is 1.99. The molecule has 1 rings (SSSR count). The highest BCUT2D eigenvalue weighted by Crippen LogP contribution is 2.15. The van der Waals surface area contributed by atoms with E-state index in [9.17, 15) is 0 Å². The lowest BCUT2D eigenvalue weighted by Crippen LogP contribution is -2.38. The zero-order valence-electron chi connectivity index (χ0n) is 10.5. The highest BCUT2D eigenvalue weighted by Gasteiger charge is 2.19. The van der Waals surface area contributed by atoms with Crippen molar-refractivity contribution >= 4 is 0 Å². The average Bonchev–Trinajstić information content (AvgIpc) is 2.27. The number of nitrogens with one attached hydrogen (secondary N) is 1. The molecule has 0 aromatic rings. The third kappa shape index (κ3) is 4.96. The minimum absolute atomic E-state index is 0.401. The Labute approximate surface area is 94.2 Å². The number of likely N-dealkylation sites (N-methyl/N-ethyl adjacent to an activating group) is 1.